The molecule has 4 nitrogen and oxygen atoms in total. The van der Waals surface area contributed by atoms with Crippen molar-refractivity contribution in [2.45, 2.75) is 12.2 Å². The highest BCUT2D eigenvalue weighted by Crippen LogP contribution is 2.30. The first-order valence-electron chi connectivity index (χ1n) is 3.62. The van der Waals surface area contributed by atoms with Crippen molar-refractivity contribution < 1.29 is 10.2 Å². The van der Waals surface area contributed by atoms with Crippen molar-refractivity contribution in [2.75, 3.05) is 0 Å². The molecule has 14 heavy (non-hydrogen) atoms. The third-order valence-corrected chi connectivity index (χ3v) is 2.22. The number of aromatic nitrogens is 1. The van der Waals surface area contributed by atoms with Crippen LogP contribution in [-0.2, 0) is 0 Å². The zero-order valence-electron chi connectivity index (χ0n) is 6.85. The van der Waals surface area contributed by atoms with Crippen LogP contribution in [0, 0.1) is 11.3 Å². The lowest BCUT2D eigenvalue weighted by atomic mass is 10.1. The first-order chi connectivity index (χ1) is 6.57. The molecule has 0 aromatic carbocycles. The van der Waals surface area contributed by atoms with Crippen LogP contribution in [0.4, 0.5) is 0 Å². The summed E-state index contributed by atoms with van der Waals surface area (Å²) in [5.74, 6) is 0. The van der Waals surface area contributed by atoms with Gasteiger partial charge >= 0.3 is 0 Å². The van der Waals surface area contributed by atoms with Crippen LogP contribution in [0.2, 0.25) is 10.0 Å². The van der Waals surface area contributed by atoms with Crippen molar-refractivity contribution in [3.05, 3.63) is 28.0 Å². The Bertz CT molecular complexity index is 358. The van der Waals surface area contributed by atoms with Crippen molar-refractivity contribution in [3.63, 3.8) is 0 Å². The molecule has 0 spiro atoms. The normalized spacial score (nSPS) is 14.5. The molecule has 0 aliphatic rings. The monoisotopic (exact) mass is 232 g/mol. The SMILES string of the molecule is N#CC(O)C(O)c1c(Cl)cncc1Cl. The number of nitriles is 1. The summed E-state index contributed by atoms with van der Waals surface area (Å²) in [6.07, 6.45) is -0.443. The Hall–Kier alpha value is -0.860. The lowest BCUT2D eigenvalue weighted by Crippen LogP contribution is -2.16. The topological polar surface area (TPSA) is 77.1 Å². The third-order valence-electron chi connectivity index (χ3n) is 1.62. The van der Waals surface area contributed by atoms with Gasteiger partial charge < -0.3 is 10.2 Å². The molecule has 6 heteroatoms. The third kappa shape index (κ3) is 2.14. The highest BCUT2D eigenvalue weighted by atomic mass is 35.5. The van der Waals surface area contributed by atoms with E-state index in [1.165, 1.54) is 18.5 Å². The maximum absolute atomic E-state index is 9.48. The largest absolute Gasteiger partial charge is 0.384 e. The van der Waals surface area contributed by atoms with E-state index in [2.05, 4.69) is 4.98 Å². The van der Waals surface area contributed by atoms with Gasteiger partial charge in [-0.25, -0.2) is 0 Å². The van der Waals surface area contributed by atoms with Crippen LogP contribution < -0.4 is 0 Å². The van der Waals surface area contributed by atoms with Crippen LogP contribution in [0.3, 0.4) is 0 Å². The predicted octanol–water partition coefficient (Wildman–Crippen LogP) is 1.31. The Morgan fingerprint density at radius 3 is 2.21 bits per heavy atom. The summed E-state index contributed by atoms with van der Waals surface area (Å²) < 4.78 is 0. The number of pyridine rings is 1. The Labute approximate surface area is 90.3 Å². The van der Waals surface area contributed by atoms with Gasteiger partial charge in [0.25, 0.3) is 0 Å². The summed E-state index contributed by atoms with van der Waals surface area (Å²) in [5.41, 5.74) is 0.109. The molecule has 2 unspecified atom stereocenters. The minimum absolute atomic E-state index is 0.109. The fraction of sp³-hybridized carbons (Fsp3) is 0.250. The van der Waals surface area contributed by atoms with Crippen LogP contribution >= 0.6 is 23.2 Å². The molecule has 0 aliphatic carbocycles. The van der Waals surface area contributed by atoms with E-state index in [0.717, 1.165) is 0 Å². The molecule has 1 aromatic rings. The number of aliphatic hydroxyl groups excluding tert-OH is 2. The quantitative estimate of drug-likeness (QED) is 0.755. The van der Waals surface area contributed by atoms with Gasteiger partial charge in [0.15, 0.2) is 6.10 Å². The van der Waals surface area contributed by atoms with Gasteiger partial charge in [0.05, 0.1) is 16.1 Å². The van der Waals surface area contributed by atoms with Crippen molar-refractivity contribution in [3.8, 4) is 6.07 Å². The Balaban J connectivity index is 3.13. The van der Waals surface area contributed by atoms with Gasteiger partial charge in [-0.05, 0) is 0 Å². The fourth-order valence-electron chi connectivity index (χ4n) is 0.932. The average molecular weight is 233 g/mol. The van der Waals surface area contributed by atoms with E-state index in [4.69, 9.17) is 33.6 Å². The number of hydrogen-bond donors (Lipinski definition) is 2. The van der Waals surface area contributed by atoms with Gasteiger partial charge in [-0.15, -0.1) is 0 Å². The zero-order valence-corrected chi connectivity index (χ0v) is 8.37. The molecule has 0 aliphatic heterocycles. The molecule has 2 N–H and O–H groups in total. The molecule has 0 saturated heterocycles. The smallest absolute Gasteiger partial charge is 0.170 e. The van der Waals surface area contributed by atoms with Gasteiger partial charge in [-0.1, -0.05) is 23.2 Å². The van der Waals surface area contributed by atoms with E-state index in [1.54, 1.807) is 0 Å². The number of hydrogen-bond acceptors (Lipinski definition) is 4. The number of halogens is 2. The highest BCUT2D eigenvalue weighted by Gasteiger charge is 2.23. The summed E-state index contributed by atoms with van der Waals surface area (Å²) in [6, 6.07) is 1.49. The molecule has 0 fully saturated rings. The van der Waals surface area contributed by atoms with Gasteiger partial charge in [0.1, 0.15) is 6.10 Å². The molecule has 1 rings (SSSR count). The molecule has 1 heterocycles. The Morgan fingerprint density at radius 1 is 1.29 bits per heavy atom. The van der Waals surface area contributed by atoms with Gasteiger partial charge in [-0.2, -0.15) is 5.26 Å². The van der Waals surface area contributed by atoms with Crippen molar-refractivity contribution in [1.82, 2.24) is 4.98 Å². The second-order valence-electron chi connectivity index (χ2n) is 2.54. The summed E-state index contributed by atoms with van der Waals surface area (Å²) in [7, 11) is 0. The van der Waals surface area contributed by atoms with Gasteiger partial charge in [0, 0.05) is 18.0 Å². The molecule has 0 bridgehead atoms. The molecule has 1 aromatic heterocycles. The Morgan fingerprint density at radius 2 is 1.79 bits per heavy atom. The van der Waals surface area contributed by atoms with E-state index in [9.17, 15) is 5.11 Å². The molecule has 0 radical (unpaired) electrons. The predicted molar refractivity (Wildman–Crippen MR) is 50.8 cm³/mol. The minimum Gasteiger partial charge on any atom is -0.384 e. The van der Waals surface area contributed by atoms with Crippen molar-refractivity contribution in [2.24, 2.45) is 0 Å². The summed E-state index contributed by atoms with van der Waals surface area (Å²) >= 11 is 11.4. The maximum atomic E-state index is 9.48. The number of rotatable bonds is 2. The summed E-state index contributed by atoms with van der Waals surface area (Å²) in [4.78, 5) is 3.67. The van der Waals surface area contributed by atoms with Crippen LogP contribution in [-0.4, -0.2) is 21.3 Å². The molecule has 74 valence electrons. The summed E-state index contributed by atoms with van der Waals surface area (Å²) in [6.45, 7) is 0. The Kier molecular flexibility index (Phi) is 3.67. The van der Waals surface area contributed by atoms with Crippen LogP contribution in [0.15, 0.2) is 12.4 Å². The minimum atomic E-state index is -1.56. The lowest BCUT2D eigenvalue weighted by molar-refractivity contribution is 0.0529. The van der Waals surface area contributed by atoms with Gasteiger partial charge in [-0.3, -0.25) is 4.98 Å². The standard InChI is InChI=1S/C8H6Cl2N2O2/c9-4-2-12-3-5(10)7(4)8(14)6(13)1-11/h2-3,6,8,13-14H. The van der Waals surface area contributed by atoms with Crippen LogP contribution in [0.5, 0.6) is 0 Å². The average Bonchev–Trinajstić information content (AvgIpc) is 2.16. The van der Waals surface area contributed by atoms with E-state index in [1.807, 2.05) is 0 Å². The fourth-order valence-corrected chi connectivity index (χ4v) is 1.52. The number of aliphatic hydroxyl groups is 2. The molecule has 2 atom stereocenters. The number of nitrogens with zero attached hydrogens (tertiary/aromatic N) is 2. The van der Waals surface area contributed by atoms with Crippen LogP contribution in [0.1, 0.15) is 11.7 Å². The van der Waals surface area contributed by atoms with E-state index >= 15 is 0 Å². The molecular weight excluding hydrogens is 227 g/mol. The maximum Gasteiger partial charge on any atom is 0.170 e. The highest BCUT2D eigenvalue weighted by molar-refractivity contribution is 6.35. The van der Waals surface area contributed by atoms with E-state index < -0.39 is 12.2 Å². The zero-order chi connectivity index (χ0) is 10.7. The molecule has 0 saturated carbocycles. The lowest BCUT2D eigenvalue weighted by Gasteiger charge is -2.14. The van der Waals surface area contributed by atoms with Crippen molar-refractivity contribution in [1.29, 1.82) is 5.26 Å². The molecular formula is C8H6Cl2N2O2. The van der Waals surface area contributed by atoms with Gasteiger partial charge in [0.2, 0.25) is 0 Å². The van der Waals surface area contributed by atoms with E-state index in [-0.39, 0.29) is 15.6 Å². The summed E-state index contributed by atoms with van der Waals surface area (Å²) in [5, 5.41) is 27.2. The van der Waals surface area contributed by atoms with E-state index in [0.29, 0.717) is 0 Å². The molecule has 0 amide bonds. The first kappa shape index (κ1) is 11.2. The first-order valence-corrected chi connectivity index (χ1v) is 4.38. The van der Waals surface area contributed by atoms with Crippen LogP contribution in [0.25, 0.3) is 0 Å². The second-order valence-corrected chi connectivity index (χ2v) is 3.35. The van der Waals surface area contributed by atoms with Crippen molar-refractivity contribution >= 4 is 23.2 Å². The second kappa shape index (κ2) is 4.58.